The second kappa shape index (κ2) is 7.58. The van der Waals surface area contributed by atoms with E-state index < -0.39 is 0 Å². The maximum absolute atomic E-state index is 11.4. The van der Waals surface area contributed by atoms with Crippen LogP contribution in [0.2, 0.25) is 0 Å². The van der Waals surface area contributed by atoms with Crippen LogP contribution in [0, 0.1) is 22.7 Å². The van der Waals surface area contributed by atoms with Crippen molar-refractivity contribution in [3.63, 3.8) is 0 Å². The first-order valence-electron chi connectivity index (χ1n) is 8.42. The summed E-state index contributed by atoms with van der Waals surface area (Å²) >= 11 is 0. The third-order valence-corrected chi connectivity index (χ3v) is 4.89. The van der Waals surface area contributed by atoms with Crippen molar-refractivity contribution in [2.24, 2.45) is 22.7 Å². The van der Waals surface area contributed by atoms with Crippen molar-refractivity contribution in [2.45, 2.75) is 66.7 Å². The van der Waals surface area contributed by atoms with Gasteiger partial charge in [0.2, 0.25) is 0 Å². The number of rotatable bonds is 3. The molecule has 0 aromatic heterocycles. The van der Waals surface area contributed by atoms with Crippen molar-refractivity contribution >= 4 is 11.8 Å². The van der Waals surface area contributed by atoms with Gasteiger partial charge in [0.25, 0.3) is 0 Å². The summed E-state index contributed by atoms with van der Waals surface area (Å²) in [7, 11) is 0. The zero-order valence-corrected chi connectivity index (χ0v) is 14.8. The van der Waals surface area contributed by atoms with E-state index in [4.69, 9.17) is 9.84 Å². The zero-order chi connectivity index (χ0) is 17.0. The molecule has 0 aliphatic heterocycles. The molecule has 1 N–H and O–H groups in total. The van der Waals surface area contributed by atoms with Crippen LogP contribution in [0.15, 0.2) is 0 Å². The summed E-state index contributed by atoms with van der Waals surface area (Å²) in [6.07, 6.45) is 4.71. The van der Waals surface area contributed by atoms with Crippen LogP contribution in [0.4, 0.5) is 0 Å². The van der Waals surface area contributed by atoms with Gasteiger partial charge in [-0.25, -0.2) is 0 Å². The first kappa shape index (κ1) is 19.1. The maximum Gasteiger partial charge on any atom is 0.309 e. The van der Waals surface area contributed by atoms with Gasteiger partial charge in [0, 0.05) is 18.4 Å². The summed E-state index contributed by atoms with van der Waals surface area (Å²) in [5.41, 5.74) is 0.171. The van der Waals surface area contributed by atoms with Crippen LogP contribution in [0.1, 0.15) is 66.7 Å². The number of esters is 1. The second-order valence-corrected chi connectivity index (χ2v) is 8.12. The molecule has 22 heavy (non-hydrogen) atoms. The van der Waals surface area contributed by atoms with Gasteiger partial charge in [0.1, 0.15) is 5.78 Å². The number of hydrogen-bond acceptors (Lipinski definition) is 4. The van der Waals surface area contributed by atoms with Gasteiger partial charge < -0.3 is 9.84 Å². The summed E-state index contributed by atoms with van der Waals surface area (Å²) in [4.78, 5) is 22.7. The highest BCUT2D eigenvalue weighted by Crippen LogP contribution is 2.40. The van der Waals surface area contributed by atoms with Crippen LogP contribution < -0.4 is 0 Å². The molecule has 128 valence electrons. The monoisotopic (exact) mass is 312 g/mol. The van der Waals surface area contributed by atoms with Crippen LogP contribution in [0.25, 0.3) is 0 Å². The Morgan fingerprint density at radius 3 is 2.23 bits per heavy atom. The Labute approximate surface area is 134 Å². The Bertz CT molecular complexity index is 398. The molecule has 2 rings (SSSR count). The number of Topliss-reactive ketones (excluding diaryl/α,β-unsaturated/α-hetero) is 1. The Morgan fingerprint density at radius 1 is 1.27 bits per heavy atom. The fourth-order valence-corrected chi connectivity index (χ4v) is 3.47. The van der Waals surface area contributed by atoms with Crippen LogP contribution >= 0.6 is 0 Å². The Kier molecular flexibility index (Phi) is 6.60. The summed E-state index contributed by atoms with van der Waals surface area (Å²) in [5.74, 6) is 0.342. The molecular formula is C18H32O4. The molecule has 0 bridgehead atoms. The summed E-state index contributed by atoms with van der Waals surface area (Å²) < 4.78 is 4.88. The second-order valence-electron chi connectivity index (χ2n) is 8.12. The maximum atomic E-state index is 11.4. The van der Waals surface area contributed by atoms with E-state index in [0.29, 0.717) is 37.4 Å². The van der Waals surface area contributed by atoms with Gasteiger partial charge in [-0.1, -0.05) is 27.7 Å². The van der Waals surface area contributed by atoms with Crippen molar-refractivity contribution in [3.8, 4) is 0 Å². The van der Waals surface area contributed by atoms with Crippen molar-refractivity contribution in [3.05, 3.63) is 0 Å². The van der Waals surface area contributed by atoms with Gasteiger partial charge in [-0.2, -0.15) is 0 Å². The average Bonchev–Trinajstić information content (AvgIpc) is 2.90. The van der Waals surface area contributed by atoms with Gasteiger partial charge in [-0.15, -0.1) is 0 Å². The van der Waals surface area contributed by atoms with Crippen molar-refractivity contribution in [2.75, 3.05) is 13.2 Å². The molecule has 4 heteroatoms. The number of hydrogen-bond donors (Lipinski definition) is 1. The van der Waals surface area contributed by atoms with Crippen molar-refractivity contribution in [1.82, 2.24) is 0 Å². The first-order chi connectivity index (χ1) is 10.1. The first-order valence-corrected chi connectivity index (χ1v) is 8.42. The molecule has 2 fully saturated rings. The molecule has 4 nitrogen and oxygen atoms in total. The fraction of sp³-hybridized carbons (Fsp3) is 0.889. The van der Waals surface area contributed by atoms with Gasteiger partial charge in [0.15, 0.2) is 0 Å². The number of ether oxygens (including phenoxy) is 1. The molecule has 2 aliphatic carbocycles. The summed E-state index contributed by atoms with van der Waals surface area (Å²) in [6.45, 7) is 10.9. The van der Waals surface area contributed by atoms with E-state index in [2.05, 4.69) is 13.8 Å². The third-order valence-electron chi connectivity index (χ3n) is 4.89. The van der Waals surface area contributed by atoms with E-state index in [-0.39, 0.29) is 23.1 Å². The smallest absolute Gasteiger partial charge is 0.309 e. The van der Waals surface area contributed by atoms with Gasteiger partial charge in [-0.3, -0.25) is 9.59 Å². The fourth-order valence-electron chi connectivity index (χ4n) is 3.47. The number of aliphatic hydroxyl groups excluding tert-OH is 1. The third kappa shape index (κ3) is 5.38. The largest absolute Gasteiger partial charge is 0.466 e. The quantitative estimate of drug-likeness (QED) is 0.812. The lowest BCUT2D eigenvalue weighted by Gasteiger charge is -2.15. The van der Waals surface area contributed by atoms with Crippen LogP contribution in [-0.2, 0) is 14.3 Å². The van der Waals surface area contributed by atoms with Crippen molar-refractivity contribution in [1.29, 1.82) is 0 Å². The topological polar surface area (TPSA) is 63.6 Å². The van der Waals surface area contributed by atoms with Gasteiger partial charge >= 0.3 is 5.97 Å². The highest BCUT2D eigenvalue weighted by atomic mass is 16.5. The molecule has 0 amide bonds. The Balaban J connectivity index is 0.000000235. The highest BCUT2D eigenvalue weighted by Gasteiger charge is 2.42. The predicted octanol–water partition coefficient (Wildman–Crippen LogP) is 3.36. The summed E-state index contributed by atoms with van der Waals surface area (Å²) in [5, 5.41) is 8.80. The summed E-state index contributed by atoms with van der Waals surface area (Å²) in [6, 6.07) is 0. The molecule has 2 aliphatic rings. The Hall–Kier alpha value is -0.900. The standard InChI is InChI=1S/C10H16O3.C8H16O/c1-4-13-9(12)7-5-8(11)10(2,3)6-7;1-8(2)4-3-7(5-8)6-9/h7H,4-6H2,1-3H3;7,9H,3-6H2,1-2H3/t2*7-/m00/s1. The van der Waals surface area contributed by atoms with Crippen LogP contribution in [-0.4, -0.2) is 30.1 Å². The minimum absolute atomic E-state index is 0.172. The molecular weight excluding hydrogens is 280 g/mol. The average molecular weight is 312 g/mol. The lowest BCUT2D eigenvalue weighted by atomic mass is 9.90. The van der Waals surface area contributed by atoms with E-state index in [1.807, 2.05) is 13.8 Å². The van der Waals surface area contributed by atoms with Gasteiger partial charge in [0.05, 0.1) is 12.5 Å². The zero-order valence-electron chi connectivity index (χ0n) is 14.8. The van der Waals surface area contributed by atoms with E-state index >= 15 is 0 Å². The molecule has 0 aromatic carbocycles. The van der Waals surface area contributed by atoms with Crippen molar-refractivity contribution < 1.29 is 19.4 Å². The molecule has 0 spiro atoms. The highest BCUT2D eigenvalue weighted by molar-refractivity contribution is 5.91. The van der Waals surface area contributed by atoms with Crippen LogP contribution in [0.3, 0.4) is 0 Å². The minimum atomic E-state index is -0.336. The lowest BCUT2D eigenvalue weighted by molar-refractivity contribution is -0.148. The lowest BCUT2D eigenvalue weighted by Crippen LogP contribution is -2.17. The minimum Gasteiger partial charge on any atom is -0.466 e. The number of aliphatic hydroxyl groups is 1. The van der Waals surface area contributed by atoms with E-state index in [9.17, 15) is 9.59 Å². The SMILES string of the molecule is CC1(C)CC[C@H](CO)C1.CCOC(=O)[C@H]1CC(=O)C(C)(C)C1. The van der Waals surface area contributed by atoms with E-state index in [1.54, 1.807) is 6.92 Å². The number of carbonyl (C=O) groups excluding carboxylic acids is 2. The number of ketones is 1. The molecule has 0 unspecified atom stereocenters. The molecule has 0 saturated heterocycles. The van der Waals surface area contributed by atoms with E-state index in [0.717, 1.165) is 0 Å². The molecule has 2 saturated carbocycles. The molecule has 0 radical (unpaired) electrons. The predicted molar refractivity (Wildman–Crippen MR) is 86.4 cm³/mol. The Morgan fingerprint density at radius 2 is 1.91 bits per heavy atom. The normalized spacial score (nSPS) is 28.9. The van der Waals surface area contributed by atoms with Crippen LogP contribution in [0.5, 0.6) is 0 Å². The number of carbonyl (C=O) groups is 2. The van der Waals surface area contributed by atoms with Gasteiger partial charge in [-0.05, 0) is 43.9 Å². The molecule has 0 heterocycles. The molecule has 2 atom stereocenters. The molecule has 0 aromatic rings. The van der Waals surface area contributed by atoms with E-state index in [1.165, 1.54) is 19.3 Å².